The summed E-state index contributed by atoms with van der Waals surface area (Å²) in [5.74, 6) is -5.43. The van der Waals surface area contributed by atoms with E-state index in [4.69, 9.17) is 28.4 Å². The van der Waals surface area contributed by atoms with Crippen LogP contribution in [0.5, 0.6) is 0 Å². The van der Waals surface area contributed by atoms with Crippen molar-refractivity contribution in [1.82, 2.24) is 10.2 Å². The van der Waals surface area contributed by atoms with Crippen molar-refractivity contribution >= 4 is 35.9 Å². The van der Waals surface area contributed by atoms with Gasteiger partial charge >= 0.3 is 30.1 Å². The molecule has 17 nitrogen and oxygen atoms in total. The Labute approximate surface area is 355 Å². The second-order valence-corrected chi connectivity index (χ2v) is 18.7. The van der Waals surface area contributed by atoms with Crippen LogP contribution in [0.3, 0.4) is 0 Å². The average Bonchev–Trinajstić information content (AvgIpc) is 3.14. The minimum absolute atomic E-state index is 0.0253. The van der Waals surface area contributed by atoms with E-state index in [1.54, 1.807) is 66.7 Å². The number of alkyl carbamates (subject to hydrolysis) is 1. The summed E-state index contributed by atoms with van der Waals surface area (Å²) in [4.78, 5) is 84.4. The zero-order valence-corrected chi connectivity index (χ0v) is 36.9. The molecule has 4 N–H and O–H groups in total. The quantitative estimate of drug-likeness (QED) is 0.158. The lowest BCUT2D eigenvalue weighted by molar-refractivity contribution is -0.345. The van der Waals surface area contributed by atoms with Gasteiger partial charge in [0.25, 0.3) is 0 Å². The van der Waals surface area contributed by atoms with Crippen LogP contribution >= 0.6 is 0 Å². The zero-order chi connectivity index (χ0) is 45.8. The van der Waals surface area contributed by atoms with Crippen LogP contribution in [0.4, 0.5) is 9.59 Å². The first-order chi connectivity index (χ1) is 28.1. The Hall–Kier alpha value is -4.84. The van der Waals surface area contributed by atoms with Crippen molar-refractivity contribution in [2.75, 3.05) is 20.7 Å². The van der Waals surface area contributed by atoms with Gasteiger partial charge in [0.05, 0.1) is 35.6 Å². The minimum Gasteiger partial charge on any atom is -0.456 e. The normalized spacial score (nSPS) is 32.4. The smallest absolute Gasteiger partial charge is 0.410 e. The number of ether oxygens (including phenoxy) is 6. The summed E-state index contributed by atoms with van der Waals surface area (Å²) in [6.45, 7) is 15.1. The van der Waals surface area contributed by atoms with Crippen molar-refractivity contribution in [2.45, 2.75) is 142 Å². The number of aliphatic hydroxyl groups is 3. The summed E-state index contributed by atoms with van der Waals surface area (Å²) >= 11 is 0. The molecule has 3 fully saturated rings. The van der Waals surface area contributed by atoms with Crippen LogP contribution in [0.1, 0.15) is 92.4 Å². The van der Waals surface area contributed by atoms with Crippen molar-refractivity contribution in [1.29, 1.82) is 0 Å². The molecule has 11 atom stereocenters. The monoisotopic (exact) mass is 856 g/mol. The van der Waals surface area contributed by atoms with Gasteiger partial charge in [-0.1, -0.05) is 43.7 Å². The Morgan fingerprint density at radius 3 is 2.15 bits per heavy atom. The lowest BCUT2D eigenvalue weighted by atomic mass is 9.44. The van der Waals surface area contributed by atoms with Gasteiger partial charge in [0, 0.05) is 39.3 Å². The molecule has 1 aliphatic heterocycles. The third-order valence-electron chi connectivity index (χ3n) is 12.5. The Kier molecular flexibility index (Phi) is 13.0. The zero-order valence-electron chi connectivity index (χ0n) is 36.9. The van der Waals surface area contributed by atoms with Crippen LogP contribution in [0, 0.1) is 16.7 Å². The third kappa shape index (κ3) is 8.53. The van der Waals surface area contributed by atoms with Crippen LogP contribution in [0.25, 0.3) is 0 Å². The van der Waals surface area contributed by atoms with E-state index in [0.29, 0.717) is 5.57 Å². The van der Waals surface area contributed by atoms with Gasteiger partial charge in [-0.3, -0.25) is 9.59 Å². The molecule has 4 aliphatic rings. The molecule has 1 aromatic carbocycles. The van der Waals surface area contributed by atoms with Gasteiger partial charge in [-0.2, -0.15) is 0 Å². The SMILES string of the molecule is CC(=O)O[C@@]12CO[C@@H]1C[C@H](O)[C@@]1(C)C(=O)[C@H](OC(=O)N(C)C)C3=C(C)[C@@H](OC(=O)[C@H](O)[C@H](C=C(C)C)NC(=O)OC(C)(C)C)C[C@@](O)([C@@H](OC(=O)c4ccccc4)[C@H]21)C3(C)C. The molecule has 1 saturated heterocycles. The van der Waals surface area contributed by atoms with Crippen LogP contribution in [0.15, 0.2) is 53.1 Å². The maximum atomic E-state index is 15.6. The van der Waals surface area contributed by atoms with E-state index >= 15 is 4.79 Å². The van der Waals surface area contributed by atoms with Crippen molar-refractivity contribution in [3.05, 3.63) is 58.7 Å². The number of nitrogens with one attached hydrogen (secondary N) is 1. The molecule has 61 heavy (non-hydrogen) atoms. The number of carbonyl (C=O) groups excluding carboxylic acids is 6. The lowest BCUT2D eigenvalue weighted by Gasteiger charge is -2.67. The highest BCUT2D eigenvalue weighted by Crippen LogP contribution is 2.64. The molecule has 2 saturated carbocycles. The molecule has 2 bridgehead atoms. The van der Waals surface area contributed by atoms with Gasteiger partial charge in [-0.15, -0.1) is 0 Å². The maximum Gasteiger partial charge on any atom is 0.410 e. The second-order valence-electron chi connectivity index (χ2n) is 18.7. The molecule has 1 heterocycles. The highest BCUT2D eigenvalue weighted by molar-refractivity contribution is 5.95. The fourth-order valence-electron chi connectivity index (χ4n) is 9.43. The molecular weight excluding hydrogens is 796 g/mol. The van der Waals surface area contributed by atoms with Crippen molar-refractivity contribution in [2.24, 2.45) is 16.7 Å². The Morgan fingerprint density at radius 1 is 1.00 bits per heavy atom. The molecule has 3 aliphatic carbocycles. The van der Waals surface area contributed by atoms with E-state index in [1.807, 2.05) is 0 Å². The second kappa shape index (κ2) is 16.8. The number of amides is 2. The molecular formula is C44H60N2O15. The van der Waals surface area contributed by atoms with Crippen LogP contribution in [0.2, 0.25) is 0 Å². The number of benzene rings is 1. The molecule has 336 valence electrons. The topological polar surface area (TPSA) is 234 Å². The number of carbonyl (C=O) groups is 6. The molecule has 0 radical (unpaired) electrons. The van der Waals surface area contributed by atoms with E-state index in [9.17, 15) is 39.3 Å². The van der Waals surface area contributed by atoms with Gasteiger partial charge in [0.2, 0.25) is 0 Å². The average molecular weight is 857 g/mol. The number of ketones is 1. The summed E-state index contributed by atoms with van der Waals surface area (Å²) in [5.41, 5.74) is -8.06. The van der Waals surface area contributed by atoms with Crippen LogP contribution in [-0.2, 0) is 42.8 Å². The van der Waals surface area contributed by atoms with E-state index in [1.165, 1.54) is 46.2 Å². The largest absolute Gasteiger partial charge is 0.456 e. The van der Waals surface area contributed by atoms with Gasteiger partial charge in [0.1, 0.15) is 29.5 Å². The fraction of sp³-hybridized carbons (Fsp3) is 0.636. The summed E-state index contributed by atoms with van der Waals surface area (Å²) < 4.78 is 35.7. The molecule has 5 rings (SSSR count). The van der Waals surface area contributed by atoms with E-state index in [-0.39, 0.29) is 29.7 Å². The minimum atomic E-state index is -2.41. The van der Waals surface area contributed by atoms with Gasteiger partial charge in [0.15, 0.2) is 23.6 Å². The molecule has 0 spiro atoms. The molecule has 17 heteroatoms. The molecule has 1 aromatic rings. The summed E-state index contributed by atoms with van der Waals surface area (Å²) in [5, 5.41) is 39.7. The highest BCUT2D eigenvalue weighted by Gasteiger charge is 2.78. The van der Waals surface area contributed by atoms with Crippen LogP contribution in [-0.4, -0.2) is 136 Å². The number of nitrogens with zero attached hydrogens (tertiary/aromatic N) is 1. The standard InChI is InChI=1S/C44H60N2O15/c1-22(2)18-26(45-38(53)61-40(5,6)7)31(49)37(52)57-27-20-44(55)35(59-36(51)25-16-14-13-15-17-25)33-42(10,28(48)19-29-43(33,21-56-29)60-24(4)47)34(50)32(58-39(54)46(11)12)30(23(27)3)41(44,8)9/h13-18,26-29,31-33,35,48-49,55H,19-21H2,1-12H3,(H,45,53)/t26-,27-,28-,29+,31+,32+,33-,35-,42+,43-,44+/m0/s1. The predicted octanol–water partition coefficient (Wildman–Crippen LogP) is 3.56. The first kappa shape index (κ1) is 47.2. The van der Waals surface area contributed by atoms with E-state index in [0.717, 1.165) is 11.8 Å². The molecule has 0 unspecified atom stereocenters. The van der Waals surface area contributed by atoms with E-state index in [2.05, 4.69) is 5.32 Å². The predicted molar refractivity (Wildman–Crippen MR) is 216 cm³/mol. The Morgan fingerprint density at radius 2 is 1.62 bits per heavy atom. The number of aliphatic hydroxyl groups excluding tert-OH is 2. The van der Waals surface area contributed by atoms with E-state index < -0.39 is 119 Å². The molecule has 2 amide bonds. The van der Waals surface area contributed by atoms with Crippen molar-refractivity contribution in [3.8, 4) is 0 Å². The van der Waals surface area contributed by atoms with Crippen LogP contribution < -0.4 is 5.32 Å². The number of Topliss-reactive ketones (excluding diaryl/α,β-unsaturated/α-hetero) is 1. The fourth-order valence-corrected chi connectivity index (χ4v) is 9.43. The Balaban J connectivity index is 1.76. The Bertz CT molecular complexity index is 1980. The highest BCUT2D eigenvalue weighted by atomic mass is 16.6. The van der Waals surface area contributed by atoms with Gasteiger partial charge in [-0.25, -0.2) is 19.2 Å². The lowest BCUT2D eigenvalue weighted by Crippen LogP contribution is -2.82. The number of rotatable bonds is 9. The first-order valence-corrected chi connectivity index (χ1v) is 20.3. The summed E-state index contributed by atoms with van der Waals surface area (Å²) in [7, 11) is 2.79. The summed E-state index contributed by atoms with van der Waals surface area (Å²) in [6, 6.07) is 6.47. The first-order valence-electron chi connectivity index (χ1n) is 20.3. The number of esters is 3. The van der Waals surface area contributed by atoms with Crippen molar-refractivity contribution < 1.29 is 72.5 Å². The number of hydrogen-bond donors (Lipinski definition) is 4. The van der Waals surface area contributed by atoms with Gasteiger partial charge < -0.3 is 54.0 Å². The third-order valence-corrected chi connectivity index (χ3v) is 12.5. The number of fused-ring (bicyclic) bond motifs is 5. The van der Waals surface area contributed by atoms with Crippen molar-refractivity contribution in [3.63, 3.8) is 0 Å². The van der Waals surface area contributed by atoms with Gasteiger partial charge in [-0.05, 0) is 71.7 Å². The number of hydrogen-bond acceptors (Lipinski definition) is 15. The maximum absolute atomic E-state index is 15.6. The number of allylic oxidation sites excluding steroid dienone is 1. The summed E-state index contributed by atoms with van der Waals surface area (Å²) in [6.07, 6.45) is -11.1. The molecule has 0 aromatic heterocycles.